The summed E-state index contributed by atoms with van der Waals surface area (Å²) in [5, 5.41) is 7.88. The van der Waals surface area contributed by atoms with Crippen LogP contribution in [0.1, 0.15) is 11.3 Å². The number of hydrogen-bond donors (Lipinski definition) is 2. The number of piperazine rings is 1. The Balaban J connectivity index is 0.00000180. The van der Waals surface area contributed by atoms with Crippen LogP contribution in [0.2, 0.25) is 0 Å². The number of thiophene rings is 1. The molecule has 7 heteroatoms. The fourth-order valence-corrected chi connectivity index (χ4v) is 2.53. The molecule has 2 N–H and O–H groups in total. The van der Waals surface area contributed by atoms with Crippen LogP contribution in [0.5, 0.6) is 0 Å². The van der Waals surface area contributed by atoms with Crippen molar-refractivity contribution < 1.29 is 9.59 Å². The average molecular weight is 304 g/mol. The molecule has 1 saturated heterocycles. The highest BCUT2D eigenvalue weighted by Crippen LogP contribution is 2.08. The maximum atomic E-state index is 11.8. The highest BCUT2D eigenvalue weighted by atomic mass is 35.5. The monoisotopic (exact) mass is 303 g/mol. The quantitative estimate of drug-likeness (QED) is 0.856. The number of nitrogens with zero attached hydrogens (tertiary/aromatic N) is 1. The van der Waals surface area contributed by atoms with E-state index >= 15 is 0 Å². The molecule has 0 radical (unpaired) electrons. The molecule has 1 aliphatic rings. The summed E-state index contributed by atoms with van der Waals surface area (Å²) in [5.41, 5.74) is 0. The molecular formula is C12H18ClN3O2S. The minimum atomic E-state index is -0.382. The zero-order valence-electron chi connectivity index (χ0n) is 10.7. The molecule has 2 heterocycles. The predicted octanol–water partition coefficient (Wildman–Crippen LogP) is 0.606. The van der Waals surface area contributed by atoms with Gasteiger partial charge in [-0.3, -0.25) is 9.59 Å². The SMILES string of the molecule is CN1CCNC(CC(=O)NCc2cccs2)C1=O.Cl. The van der Waals surface area contributed by atoms with Gasteiger partial charge in [-0.15, -0.1) is 23.7 Å². The average Bonchev–Trinajstić information content (AvgIpc) is 2.86. The lowest BCUT2D eigenvalue weighted by molar-refractivity contribution is -0.136. The Morgan fingerprint density at radius 3 is 3.11 bits per heavy atom. The van der Waals surface area contributed by atoms with E-state index in [2.05, 4.69) is 10.6 Å². The third kappa shape index (κ3) is 4.49. The number of hydrogen-bond acceptors (Lipinski definition) is 4. The van der Waals surface area contributed by atoms with Gasteiger partial charge < -0.3 is 15.5 Å². The van der Waals surface area contributed by atoms with Crippen molar-refractivity contribution in [3.63, 3.8) is 0 Å². The van der Waals surface area contributed by atoms with Crippen LogP contribution >= 0.6 is 23.7 Å². The topological polar surface area (TPSA) is 61.4 Å². The maximum Gasteiger partial charge on any atom is 0.240 e. The number of amides is 2. The molecule has 1 atom stereocenters. The molecule has 0 saturated carbocycles. The largest absolute Gasteiger partial charge is 0.351 e. The first-order valence-electron chi connectivity index (χ1n) is 5.94. The van der Waals surface area contributed by atoms with E-state index in [0.29, 0.717) is 13.1 Å². The highest BCUT2D eigenvalue weighted by molar-refractivity contribution is 7.09. The zero-order chi connectivity index (χ0) is 13.0. The van der Waals surface area contributed by atoms with Crippen molar-refractivity contribution in [2.24, 2.45) is 0 Å². The molecule has 0 bridgehead atoms. The first kappa shape index (κ1) is 15.9. The Morgan fingerprint density at radius 1 is 1.63 bits per heavy atom. The molecule has 1 aromatic heterocycles. The molecule has 1 aliphatic heterocycles. The van der Waals surface area contributed by atoms with Gasteiger partial charge in [0, 0.05) is 25.0 Å². The number of carbonyl (C=O) groups excluding carboxylic acids is 2. The maximum absolute atomic E-state index is 11.8. The van der Waals surface area contributed by atoms with E-state index in [-0.39, 0.29) is 36.7 Å². The van der Waals surface area contributed by atoms with Crippen molar-refractivity contribution >= 4 is 35.6 Å². The van der Waals surface area contributed by atoms with Crippen LogP contribution in [-0.4, -0.2) is 42.9 Å². The smallest absolute Gasteiger partial charge is 0.240 e. The Hall–Kier alpha value is -1.11. The normalized spacial score (nSPS) is 18.9. The number of rotatable bonds is 4. The standard InChI is InChI=1S/C12H17N3O2S.ClH/c1-15-5-4-13-10(12(15)17)7-11(16)14-8-9-3-2-6-18-9;/h2-3,6,10,13H,4-5,7-8H2,1H3,(H,14,16);1H. The van der Waals surface area contributed by atoms with Crippen LogP contribution in [0.25, 0.3) is 0 Å². The lowest BCUT2D eigenvalue weighted by Gasteiger charge is -2.29. The summed E-state index contributed by atoms with van der Waals surface area (Å²) in [4.78, 5) is 26.3. The first-order chi connectivity index (χ1) is 8.66. The van der Waals surface area contributed by atoms with Crippen molar-refractivity contribution in [1.29, 1.82) is 0 Å². The summed E-state index contributed by atoms with van der Waals surface area (Å²) in [6.45, 7) is 1.98. The zero-order valence-corrected chi connectivity index (χ0v) is 12.4. The minimum absolute atomic E-state index is 0. The molecule has 2 amide bonds. The number of halogens is 1. The fourth-order valence-electron chi connectivity index (χ4n) is 1.89. The highest BCUT2D eigenvalue weighted by Gasteiger charge is 2.27. The summed E-state index contributed by atoms with van der Waals surface area (Å²) in [6.07, 6.45) is 0.203. The van der Waals surface area contributed by atoms with E-state index < -0.39 is 0 Å². The summed E-state index contributed by atoms with van der Waals surface area (Å²) in [6, 6.07) is 3.54. The van der Waals surface area contributed by atoms with Gasteiger partial charge in [0.15, 0.2) is 0 Å². The van der Waals surface area contributed by atoms with Gasteiger partial charge in [-0.2, -0.15) is 0 Å². The van der Waals surface area contributed by atoms with E-state index in [1.807, 2.05) is 17.5 Å². The van der Waals surface area contributed by atoms with Crippen LogP contribution in [-0.2, 0) is 16.1 Å². The minimum Gasteiger partial charge on any atom is -0.351 e. The molecular weight excluding hydrogens is 286 g/mol. The van der Waals surface area contributed by atoms with Crippen LogP contribution in [0.3, 0.4) is 0 Å². The molecule has 1 aromatic rings. The molecule has 1 unspecified atom stereocenters. The van der Waals surface area contributed by atoms with E-state index in [1.165, 1.54) is 0 Å². The molecule has 0 spiro atoms. The van der Waals surface area contributed by atoms with Crippen molar-refractivity contribution in [2.45, 2.75) is 19.0 Å². The van der Waals surface area contributed by atoms with Gasteiger partial charge in [0.25, 0.3) is 0 Å². The second-order valence-corrected chi connectivity index (χ2v) is 5.36. The second kappa shape index (κ2) is 7.47. The van der Waals surface area contributed by atoms with Gasteiger partial charge in [0.1, 0.15) is 0 Å². The summed E-state index contributed by atoms with van der Waals surface area (Å²) in [5.74, 6) is -0.0999. The van der Waals surface area contributed by atoms with Crippen molar-refractivity contribution in [2.75, 3.05) is 20.1 Å². The molecule has 0 aromatic carbocycles. The van der Waals surface area contributed by atoms with Crippen LogP contribution in [0, 0.1) is 0 Å². The van der Waals surface area contributed by atoms with Gasteiger partial charge in [0.05, 0.1) is 19.0 Å². The van der Waals surface area contributed by atoms with E-state index in [4.69, 9.17) is 0 Å². The predicted molar refractivity (Wildman–Crippen MR) is 77.5 cm³/mol. The van der Waals surface area contributed by atoms with E-state index in [9.17, 15) is 9.59 Å². The van der Waals surface area contributed by atoms with Crippen molar-refractivity contribution in [3.05, 3.63) is 22.4 Å². The molecule has 2 rings (SSSR count). The van der Waals surface area contributed by atoms with Gasteiger partial charge in [-0.1, -0.05) is 6.07 Å². The number of likely N-dealkylation sites (N-methyl/N-ethyl adjacent to an activating group) is 1. The molecule has 19 heavy (non-hydrogen) atoms. The molecule has 5 nitrogen and oxygen atoms in total. The lowest BCUT2D eigenvalue weighted by Crippen LogP contribution is -2.54. The summed E-state index contributed by atoms with van der Waals surface area (Å²) < 4.78 is 0. The molecule has 0 aliphatic carbocycles. The number of nitrogens with one attached hydrogen (secondary N) is 2. The van der Waals surface area contributed by atoms with Gasteiger partial charge in [0.2, 0.25) is 11.8 Å². The molecule has 106 valence electrons. The van der Waals surface area contributed by atoms with Gasteiger partial charge in [-0.25, -0.2) is 0 Å². The van der Waals surface area contributed by atoms with Gasteiger partial charge >= 0.3 is 0 Å². The van der Waals surface area contributed by atoms with Crippen molar-refractivity contribution in [1.82, 2.24) is 15.5 Å². The molecule has 1 fully saturated rings. The third-order valence-corrected chi connectivity index (χ3v) is 3.82. The number of carbonyl (C=O) groups is 2. The van der Waals surface area contributed by atoms with Crippen LogP contribution < -0.4 is 10.6 Å². The van der Waals surface area contributed by atoms with Crippen molar-refractivity contribution in [3.8, 4) is 0 Å². The van der Waals surface area contributed by atoms with E-state index in [0.717, 1.165) is 11.4 Å². The van der Waals surface area contributed by atoms with E-state index in [1.54, 1.807) is 23.3 Å². The Bertz CT molecular complexity index is 425. The lowest BCUT2D eigenvalue weighted by atomic mass is 10.1. The Labute approximate surface area is 122 Å². The van der Waals surface area contributed by atoms with Crippen LogP contribution in [0.15, 0.2) is 17.5 Å². The van der Waals surface area contributed by atoms with Crippen LogP contribution in [0.4, 0.5) is 0 Å². The Kier molecular flexibility index (Phi) is 6.27. The van der Waals surface area contributed by atoms with Gasteiger partial charge in [-0.05, 0) is 11.4 Å². The fraction of sp³-hybridized carbons (Fsp3) is 0.500. The Morgan fingerprint density at radius 2 is 2.42 bits per heavy atom. The summed E-state index contributed by atoms with van der Waals surface area (Å²) >= 11 is 1.61. The first-order valence-corrected chi connectivity index (χ1v) is 6.82. The second-order valence-electron chi connectivity index (χ2n) is 4.33. The third-order valence-electron chi connectivity index (χ3n) is 2.94. The summed E-state index contributed by atoms with van der Waals surface area (Å²) in [7, 11) is 1.76.